The van der Waals surface area contributed by atoms with E-state index in [1.165, 1.54) is 12.1 Å². The van der Waals surface area contributed by atoms with Crippen molar-refractivity contribution >= 4 is 23.3 Å². The largest absolute Gasteiger partial charge is 0.330 e. The summed E-state index contributed by atoms with van der Waals surface area (Å²) >= 11 is 0. The number of hydrogen-bond donors (Lipinski definition) is 1. The Morgan fingerprint density at radius 2 is 2.20 bits per heavy atom. The summed E-state index contributed by atoms with van der Waals surface area (Å²) in [5, 5.41) is 5.00. The second-order valence-corrected chi connectivity index (χ2v) is 3.21. The maximum absolute atomic E-state index is 12.8. The molecule has 0 aliphatic carbocycles. The second-order valence-electron chi connectivity index (χ2n) is 3.21. The van der Waals surface area contributed by atoms with Crippen LogP contribution in [0, 0.1) is 5.82 Å². The van der Waals surface area contributed by atoms with E-state index in [0.717, 1.165) is 23.9 Å². The molecular weight excluding hydrogens is 217 g/mol. The molecule has 5 heteroatoms. The molecule has 0 unspecified atom stereocenters. The summed E-state index contributed by atoms with van der Waals surface area (Å²) in [6, 6.07) is 4.68. The standard InChI is InChI=1S/C10H12FN3.ClH/c11-9-2-3-10-8(6-9)7-13-14(10)5-1-4-12;/h2-3,6-7H,1,4-5,12H2;1H. The summed E-state index contributed by atoms with van der Waals surface area (Å²) in [6.07, 6.45) is 2.56. The molecule has 0 atom stereocenters. The fourth-order valence-electron chi connectivity index (χ4n) is 1.48. The zero-order valence-corrected chi connectivity index (χ0v) is 9.01. The Kier molecular flexibility index (Phi) is 4.05. The molecular formula is C10H13ClFN3. The van der Waals surface area contributed by atoms with Gasteiger partial charge >= 0.3 is 0 Å². The smallest absolute Gasteiger partial charge is 0.124 e. The van der Waals surface area contributed by atoms with Crippen LogP contribution >= 0.6 is 12.4 Å². The minimum Gasteiger partial charge on any atom is -0.330 e. The summed E-state index contributed by atoms with van der Waals surface area (Å²) in [7, 11) is 0. The Morgan fingerprint density at radius 3 is 2.93 bits per heavy atom. The molecule has 82 valence electrons. The van der Waals surface area contributed by atoms with Crippen molar-refractivity contribution in [3.05, 3.63) is 30.2 Å². The molecule has 2 aromatic rings. The highest BCUT2D eigenvalue weighted by Gasteiger charge is 2.02. The third kappa shape index (κ3) is 2.46. The fourth-order valence-corrected chi connectivity index (χ4v) is 1.48. The van der Waals surface area contributed by atoms with Crippen LogP contribution in [0.15, 0.2) is 24.4 Å². The molecule has 0 fully saturated rings. The quantitative estimate of drug-likeness (QED) is 0.874. The van der Waals surface area contributed by atoms with Crippen LogP contribution in [0.25, 0.3) is 10.9 Å². The van der Waals surface area contributed by atoms with E-state index < -0.39 is 0 Å². The van der Waals surface area contributed by atoms with Gasteiger partial charge in [0.25, 0.3) is 0 Å². The first-order valence-corrected chi connectivity index (χ1v) is 4.62. The van der Waals surface area contributed by atoms with Gasteiger partial charge in [-0.05, 0) is 31.2 Å². The second kappa shape index (κ2) is 5.09. The van der Waals surface area contributed by atoms with Crippen LogP contribution in [0.2, 0.25) is 0 Å². The van der Waals surface area contributed by atoms with Crippen LogP contribution in [0.1, 0.15) is 6.42 Å². The predicted molar refractivity (Wildman–Crippen MR) is 60.6 cm³/mol. The molecule has 0 saturated heterocycles. The molecule has 15 heavy (non-hydrogen) atoms. The highest BCUT2D eigenvalue weighted by Crippen LogP contribution is 2.14. The molecule has 0 amide bonds. The van der Waals surface area contributed by atoms with Crippen molar-refractivity contribution in [3.8, 4) is 0 Å². The summed E-state index contributed by atoms with van der Waals surface area (Å²) in [5.74, 6) is -0.226. The van der Waals surface area contributed by atoms with Crippen molar-refractivity contribution < 1.29 is 4.39 Å². The van der Waals surface area contributed by atoms with Gasteiger partial charge in [-0.3, -0.25) is 4.68 Å². The summed E-state index contributed by atoms with van der Waals surface area (Å²) in [5.41, 5.74) is 6.37. The van der Waals surface area contributed by atoms with E-state index in [1.54, 1.807) is 12.3 Å². The average Bonchev–Trinajstić information content (AvgIpc) is 2.57. The molecule has 2 rings (SSSR count). The molecule has 3 nitrogen and oxygen atoms in total. The predicted octanol–water partition coefficient (Wildman–Crippen LogP) is 1.95. The average molecular weight is 230 g/mol. The topological polar surface area (TPSA) is 43.8 Å². The minimum atomic E-state index is -0.226. The summed E-state index contributed by atoms with van der Waals surface area (Å²) in [4.78, 5) is 0. The Bertz CT molecular complexity index is 441. The lowest BCUT2D eigenvalue weighted by Crippen LogP contribution is -2.06. The number of nitrogens with two attached hydrogens (primary N) is 1. The van der Waals surface area contributed by atoms with E-state index in [1.807, 2.05) is 4.68 Å². The van der Waals surface area contributed by atoms with Crippen molar-refractivity contribution in [1.29, 1.82) is 0 Å². The first-order chi connectivity index (χ1) is 6.81. The lowest BCUT2D eigenvalue weighted by atomic mass is 10.2. The number of aromatic nitrogens is 2. The molecule has 0 bridgehead atoms. The number of fused-ring (bicyclic) bond motifs is 1. The zero-order chi connectivity index (χ0) is 9.97. The lowest BCUT2D eigenvalue weighted by Gasteiger charge is -2.01. The molecule has 2 N–H and O–H groups in total. The van der Waals surface area contributed by atoms with Gasteiger partial charge in [0.15, 0.2) is 0 Å². The molecule has 1 heterocycles. The molecule has 0 saturated carbocycles. The molecule has 0 spiro atoms. The SMILES string of the molecule is Cl.NCCCn1ncc2cc(F)ccc21. The Morgan fingerprint density at radius 1 is 1.40 bits per heavy atom. The van der Waals surface area contributed by atoms with Crippen LogP contribution < -0.4 is 5.73 Å². The lowest BCUT2D eigenvalue weighted by molar-refractivity contribution is 0.601. The molecule has 1 aromatic carbocycles. The number of nitrogens with zero attached hydrogens (tertiary/aromatic N) is 2. The van der Waals surface area contributed by atoms with Crippen molar-refractivity contribution in [2.75, 3.05) is 6.54 Å². The van der Waals surface area contributed by atoms with Crippen LogP contribution in [0.5, 0.6) is 0 Å². The van der Waals surface area contributed by atoms with Gasteiger partial charge in [-0.15, -0.1) is 12.4 Å². The molecule has 0 radical (unpaired) electrons. The van der Waals surface area contributed by atoms with Gasteiger partial charge in [-0.25, -0.2) is 4.39 Å². The van der Waals surface area contributed by atoms with Crippen LogP contribution in [-0.2, 0) is 6.54 Å². The Labute approximate surface area is 93.5 Å². The number of halogens is 2. The monoisotopic (exact) mass is 229 g/mol. The van der Waals surface area contributed by atoms with Gasteiger partial charge in [0, 0.05) is 11.9 Å². The number of benzene rings is 1. The van der Waals surface area contributed by atoms with Crippen LogP contribution in [0.3, 0.4) is 0 Å². The van der Waals surface area contributed by atoms with Crippen LogP contribution in [0.4, 0.5) is 4.39 Å². The third-order valence-corrected chi connectivity index (χ3v) is 2.18. The van der Waals surface area contributed by atoms with Gasteiger partial charge in [0.2, 0.25) is 0 Å². The summed E-state index contributed by atoms with van der Waals surface area (Å²) in [6.45, 7) is 1.42. The summed E-state index contributed by atoms with van der Waals surface area (Å²) < 4.78 is 14.7. The number of rotatable bonds is 3. The zero-order valence-electron chi connectivity index (χ0n) is 8.19. The van der Waals surface area contributed by atoms with Crippen molar-refractivity contribution in [1.82, 2.24) is 9.78 Å². The first-order valence-electron chi connectivity index (χ1n) is 4.62. The van der Waals surface area contributed by atoms with Gasteiger partial charge < -0.3 is 5.73 Å². The van der Waals surface area contributed by atoms with Crippen molar-refractivity contribution in [2.45, 2.75) is 13.0 Å². The normalized spacial score (nSPS) is 10.3. The highest BCUT2D eigenvalue weighted by molar-refractivity contribution is 5.85. The van der Waals surface area contributed by atoms with Crippen LogP contribution in [-0.4, -0.2) is 16.3 Å². The van der Waals surface area contributed by atoms with E-state index in [4.69, 9.17) is 5.73 Å². The maximum atomic E-state index is 12.8. The van der Waals surface area contributed by atoms with E-state index in [2.05, 4.69) is 5.10 Å². The van der Waals surface area contributed by atoms with Gasteiger partial charge in [0.1, 0.15) is 5.82 Å². The van der Waals surface area contributed by atoms with Gasteiger partial charge in [0.05, 0.1) is 11.7 Å². The number of hydrogen-bond acceptors (Lipinski definition) is 2. The Hall–Kier alpha value is -1.13. The van der Waals surface area contributed by atoms with Crippen molar-refractivity contribution in [3.63, 3.8) is 0 Å². The van der Waals surface area contributed by atoms with E-state index in [0.29, 0.717) is 6.54 Å². The first kappa shape index (κ1) is 11.9. The third-order valence-electron chi connectivity index (χ3n) is 2.18. The maximum Gasteiger partial charge on any atom is 0.124 e. The molecule has 1 aromatic heterocycles. The Balaban J connectivity index is 0.00000112. The molecule has 0 aliphatic heterocycles. The van der Waals surface area contributed by atoms with Crippen molar-refractivity contribution in [2.24, 2.45) is 5.73 Å². The number of aryl methyl sites for hydroxylation is 1. The minimum absolute atomic E-state index is 0. The van der Waals surface area contributed by atoms with E-state index in [-0.39, 0.29) is 18.2 Å². The van der Waals surface area contributed by atoms with E-state index >= 15 is 0 Å². The fraction of sp³-hybridized carbons (Fsp3) is 0.300. The highest BCUT2D eigenvalue weighted by atomic mass is 35.5. The van der Waals surface area contributed by atoms with E-state index in [9.17, 15) is 4.39 Å². The van der Waals surface area contributed by atoms with Gasteiger partial charge in [-0.2, -0.15) is 5.10 Å². The molecule has 0 aliphatic rings. The van der Waals surface area contributed by atoms with Gasteiger partial charge in [-0.1, -0.05) is 0 Å².